The molecule has 2 aliphatic rings. The molecule has 2 aliphatic heterocycles. The Kier molecular flexibility index (Phi) is 4.69. The lowest BCUT2D eigenvalue weighted by Crippen LogP contribution is -2.64. The molecule has 3 heterocycles. The zero-order chi connectivity index (χ0) is 19.9. The van der Waals surface area contributed by atoms with E-state index in [1.807, 2.05) is 61.0 Å². The molecule has 0 aliphatic carbocycles. The molecule has 150 valence electrons. The zero-order valence-electron chi connectivity index (χ0n) is 16.7. The lowest BCUT2D eigenvalue weighted by molar-refractivity contribution is -0.0293. The largest absolute Gasteiger partial charge is 0.444 e. The number of nitrogens with zero attached hydrogens (tertiary/aromatic N) is 2. The van der Waals surface area contributed by atoms with E-state index in [4.69, 9.17) is 4.74 Å². The fourth-order valence-electron chi connectivity index (χ4n) is 4.27. The van der Waals surface area contributed by atoms with E-state index in [0.717, 1.165) is 35.9 Å². The molecular formula is C21H28N4O3. The molecule has 2 atom stereocenters. The van der Waals surface area contributed by atoms with E-state index in [1.54, 1.807) is 0 Å². The SMILES string of the molecule is CC(C)(C)OC(=O)N1C2CCCC1CN(C(=O)Nc1cccc3[nH]ccc13)C2. The highest BCUT2D eigenvalue weighted by molar-refractivity contribution is 6.00. The van der Waals surface area contributed by atoms with Crippen LogP contribution in [-0.4, -0.2) is 57.7 Å². The summed E-state index contributed by atoms with van der Waals surface area (Å²) in [5, 5.41) is 4.03. The van der Waals surface area contributed by atoms with Gasteiger partial charge in [0.15, 0.2) is 0 Å². The molecule has 2 unspecified atom stereocenters. The number of piperidine rings is 1. The highest BCUT2D eigenvalue weighted by atomic mass is 16.6. The Morgan fingerprint density at radius 2 is 1.86 bits per heavy atom. The molecule has 0 saturated carbocycles. The molecular weight excluding hydrogens is 356 g/mol. The van der Waals surface area contributed by atoms with Crippen LogP contribution in [-0.2, 0) is 4.74 Å². The minimum absolute atomic E-state index is 0.0103. The summed E-state index contributed by atoms with van der Waals surface area (Å²) in [6.45, 7) is 6.71. The van der Waals surface area contributed by atoms with Crippen LogP contribution in [0.4, 0.5) is 15.3 Å². The molecule has 3 amide bonds. The second-order valence-corrected chi connectivity index (χ2v) is 8.71. The van der Waals surface area contributed by atoms with Gasteiger partial charge in [-0.3, -0.25) is 4.90 Å². The minimum atomic E-state index is -0.519. The fraction of sp³-hybridized carbons (Fsp3) is 0.524. The lowest BCUT2D eigenvalue weighted by Gasteiger charge is -2.49. The Bertz CT molecular complexity index is 871. The maximum atomic E-state index is 12.9. The first kappa shape index (κ1) is 18.7. The topological polar surface area (TPSA) is 77.7 Å². The van der Waals surface area contributed by atoms with Crippen LogP contribution >= 0.6 is 0 Å². The molecule has 2 fully saturated rings. The number of carbonyl (C=O) groups excluding carboxylic acids is 2. The van der Waals surface area contributed by atoms with Gasteiger partial charge in [-0.2, -0.15) is 0 Å². The minimum Gasteiger partial charge on any atom is -0.444 e. The molecule has 1 aromatic carbocycles. The Labute approximate surface area is 165 Å². The van der Waals surface area contributed by atoms with Gasteiger partial charge < -0.3 is 19.9 Å². The first-order valence-electron chi connectivity index (χ1n) is 9.95. The van der Waals surface area contributed by atoms with Crippen LogP contribution in [0.3, 0.4) is 0 Å². The Hall–Kier alpha value is -2.70. The quantitative estimate of drug-likeness (QED) is 0.774. The molecule has 0 radical (unpaired) electrons. The predicted octanol–water partition coefficient (Wildman–Crippen LogP) is 4.17. The number of amides is 3. The Morgan fingerprint density at radius 3 is 2.54 bits per heavy atom. The molecule has 28 heavy (non-hydrogen) atoms. The number of aromatic nitrogens is 1. The molecule has 1 aromatic heterocycles. The third-order valence-corrected chi connectivity index (χ3v) is 5.45. The first-order valence-corrected chi connectivity index (χ1v) is 9.95. The van der Waals surface area contributed by atoms with Gasteiger partial charge in [0.2, 0.25) is 0 Å². The van der Waals surface area contributed by atoms with Crippen LogP contribution in [0.2, 0.25) is 0 Å². The molecule has 2 bridgehead atoms. The summed E-state index contributed by atoms with van der Waals surface area (Å²) in [4.78, 5) is 32.5. The van der Waals surface area contributed by atoms with Gasteiger partial charge in [0, 0.05) is 30.2 Å². The van der Waals surface area contributed by atoms with Gasteiger partial charge in [-0.1, -0.05) is 6.07 Å². The highest BCUT2D eigenvalue weighted by Gasteiger charge is 2.43. The number of hydrogen-bond acceptors (Lipinski definition) is 3. The summed E-state index contributed by atoms with van der Waals surface area (Å²) >= 11 is 0. The van der Waals surface area contributed by atoms with E-state index in [2.05, 4.69) is 10.3 Å². The third-order valence-electron chi connectivity index (χ3n) is 5.45. The van der Waals surface area contributed by atoms with Crippen molar-refractivity contribution in [1.82, 2.24) is 14.8 Å². The number of nitrogens with one attached hydrogen (secondary N) is 2. The van der Waals surface area contributed by atoms with E-state index < -0.39 is 5.60 Å². The van der Waals surface area contributed by atoms with Crippen LogP contribution < -0.4 is 5.32 Å². The normalized spacial score (nSPS) is 22.2. The summed E-state index contributed by atoms with van der Waals surface area (Å²) < 4.78 is 5.61. The van der Waals surface area contributed by atoms with Gasteiger partial charge >= 0.3 is 12.1 Å². The zero-order valence-corrected chi connectivity index (χ0v) is 16.7. The number of carbonyl (C=O) groups is 2. The van der Waals surface area contributed by atoms with E-state index in [-0.39, 0.29) is 24.2 Å². The predicted molar refractivity (Wildman–Crippen MR) is 108 cm³/mol. The number of urea groups is 1. The van der Waals surface area contributed by atoms with Crippen molar-refractivity contribution in [2.24, 2.45) is 0 Å². The highest BCUT2D eigenvalue weighted by Crippen LogP contribution is 2.31. The second kappa shape index (κ2) is 7.04. The monoisotopic (exact) mass is 384 g/mol. The van der Waals surface area contributed by atoms with Gasteiger partial charge in [0.25, 0.3) is 0 Å². The van der Waals surface area contributed by atoms with Gasteiger partial charge in [0.1, 0.15) is 5.60 Å². The third kappa shape index (κ3) is 3.66. The van der Waals surface area contributed by atoms with E-state index >= 15 is 0 Å². The number of anilines is 1. The summed E-state index contributed by atoms with van der Waals surface area (Å²) in [5.74, 6) is 0. The number of H-pyrrole nitrogens is 1. The van der Waals surface area contributed by atoms with Crippen LogP contribution in [0.1, 0.15) is 40.0 Å². The van der Waals surface area contributed by atoms with Crippen molar-refractivity contribution in [1.29, 1.82) is 0 Å². The van der Waals surface area contributed by atoms with Crippen LogP contribution in [0, 0.1) is 0 Å². The molecule has 2 aromatic rings. The van der Waals surface area contributed by atoms with Crippen molar-refractivity contribution >= 4 is 28.7 Å². The van der Waals surface area contributed by atoms with Crippen molar-refractivity contribution in [2.45, 2.75) is 57.7 Å². The second-order valence-electron chi connectivity index (χ2n) is 8.71. The standard InChI is InChI=1S/C21H28N4O3/c1-21(2,3)28-20(27)25-14-6-4-7-15(25)13-24(12-14)19(26)23-18-9-5-8-17-16(18)10-11-22-17/h5,8-11,14-15,22H,4,6-7,12-13H2,1-3H3,(H,23,26). The first-order chi connectivity index (χ1) is 13.3. The summed E-state index contributed by atoms with van der Waals surface area (Å²) in [7, 11) is 0. The number of piperazine rings is 1. The number of aromatic amines is 1. The maximum Gasteiger partial charge on any atom is 0.410 e. The van der Waals surface area contributed by atoms with E-state index in [0.29, 0.717) is 13.1 Å². The Morgan fingerprint density at radius 1 is 1.14 bits per heavy atom. The number of fused-ring (bicyclic) bond motifs is 3. The van der Waals surface area contributed by atoms with E-state index in [1.165, 1.54) is 0 Å². The lowest BCUT2D eigenvalue weighted by atomic mass is 9.92. The van der Waals surface area contributed by atoms with Gasteiger partial charge in [-0.25, -0.2) is 9.59 Å². The molecule has 0 spiro atoms. The van der Waals surface area contributed by atoms with Gasteiger partial charge in [0.05, 0.1) is 17.8 Å². The van der Waals surface area contributed by atoms with Crippen LogP contribution in [0.25, 0.3) is 10.9 Å². The fourth-order valence-corrected chi connectivity index (χ4v) is 4.27. The van der Waals surface area contributed by atoms with Gasteiger partial charge in [-0.15, -0.1) is 0 Å². The van der Waals surface area contributed by atoms with Crippen molar-refractivity contribution < 1.29 is 14.3 Å². The van der Waals surface area contributed by atoms with Crippen molar-refractivity contribution in [2.75, 3.05) is 18.4 Å². The number of likely N-dealkylation sites (tertiary alicyclic amines) is 1. The Balaban J connectivity index is 1.47. The average molecular weight is 384 g/mol. The van der Waals surface area contributed by atoms with Crippen LogP contribution in [0.5, 0.6) is 0 Å². The number of benzene rings is 1. The van der Waals surface area contributed by atoms with Gasteiger partial charge in [-0.05, 0) is 58.2 Å². The molecule has 7 heteroatoms. The number of ether oxygens (including phenoxy) is 1. The average Bonchev–Trinajstić information content (AvgIpc) is 3.08. The molecule has 7 nitrogen and oxygen atoms in total. The maximum absolute atomic E-state index is 12.9. The smallest absolute Gasteiger partial charge is 0.410 e. The number of hydrogen-bond donors (Lipinski definition) is 2. The van der Waals surface area contributed by atoms with Crippen molar-refractivity contribution in [3.05, 3.63) is 30.5 Å². The number of rotatable bonds is 1. The summed E-state index contributed by atoms with van der Waals surface area (Å²) in [6, 6.07) is 7.67. The molecule has 2 N–H and O–H groups in total. The summed E-state index contributed by atoms with van der Waals surface area (Å²) in [5.41, 5.74) is 1.27. The van der Waals surface area contributed by atoms with Crippen molar-refractivity contribution in [3.8, 4) is 0 Å². The summed E-state index contributed by atoms with van der Waals surface area (Å²) in [6.07, 6.45) is 4.47. The van der Waals surface area contributed by atoms with Crippen molar-refractivity contribution in [3.63, 3.8) is 0 Å². The van der Waals surface area contributed by atoms with Crippen LogP contribution in [0.15, 0.2) is 30.5 Å². The molecule has 4 rings (SSSR count). The van der Waals surface area contributed by atoms with E-state index in [9.17, 15) is 9.59 Å². The molecule has 2 saturated heterocycles.